The zero-order valence-electron chi connectivity index (χ0n) is 10.8. The Kier molecular flexibility index (Phi) is 5.45. The number of halogens is 1. The minimum absolute atomic E-state index is 0.0172. The van der Waals surface area contributed by atoms with Crippen molar-refractivity contribution < 1.29 is 17.9 Å². The maximum atomic E-state index is 12.1. The van der Waals surface area contributed by atoms with Crippen LogP contribution in [0.3, 0.4) is 0 Å². The van der Waals surface area contributed by atoms with Crippen LogP contribution in [0.1, 0.15) is 13.8 Å². The molecule has 8 heteroatoms. The zero-order chi connectivity index (χ0) is 14.6. The third-order valence-electron chi connectivity index (χ3n) is 2.39. The van der Waals surface area contributed by atoms with Crippen molar-refractivity contribution in [1.29, 1.82) is 0 Å². The van der Waals surface area contributed by atoms with Crippen molar-refractivity contribution in [3.05, 3.63) is 22.9 Å². The molecule has 0 saturated carbocycles. The highest BCUT2D eigenvalue weighted by molar-refractivity contribution is 9.10. The molecule has 0 bridgehead atoms. The molecule has 1 rings (SSSR count). The van der Waals surface area contributed by atoms with E-state index in [4.69, 9.17) is 0 Å². The van der Waals surface area contributed by atoms with Crippen LogP contribution in [0.15, 0.2) is 27.8 Å². The van der Waals surface area contributed by atoms with Crippen molar-refractivity contribution in [2.75, 3.05) is 7.11 Å². The molecular formula is C11H15BrN2O4S. The summed E-state index contributed by atoms with van der Waals surface area (Å²) in [5.74, 6) is -0.858. The highest BCUT2D eigenvalue weighted by atomic mass is 79.9. The molecule has 1 unspecified atom stereocenters. The first-order valence-corrected chi connectivity index (χ1v) is 7.76. The summed E-state index contributed by atoms with van der Waals surface area (Å²) in [6, 6.07) is 0.471. The van der Waals surface area contributed by atoms with Crippen molar-refractivity contribution >= 4 is 31.9 Å². The lowest BCUT2D eigenvalue weighted by Crippen LogP contribution is -2.44. The SMILES string of the molecule is COC(=O)C(NS(=O)(=O)c1cncc(Br)c1)C(C)C. The average molecular weight is 351 g/mol. The van der Waals surface area contributed by atoms with E-state index in [1.807, 2.05) is 0 Å². The molecule has 1 heterocycles. The maximum absolute atomic E-state index is 12.1. The number of hydrogen-bond donors (Lipinski definition) is 1. The van der Waals surface area contributed by atoms with Gasteiger partial charge in [-0.3, -0.25) is 9.78 Å². The molecule has 106 valence electrons. The smallest absolute Gasteiger partial charge is 0.324 e. The Labute approximate surface area is 120 Å². The molecule has 6 nitrogen and oxygen atoms in total. The molecular weight excluding hydrogens is 336 g/mol. The van der Waals surface area contributed by atoms with Crippen LogP contribution in [-0.4, -0.2) is 32.5 Å². The van der Waals surface area contributed by atoms with Gasteiger partial charge in [-0.15, -0.1) is 0 Å². The largest absolute Gasteiger partial charge is 0.468 e. The number of rotatable bonds is 5. The Bertz CT molecular complexity index is 560. The van der Waals surface area contributed by atoms with Crippen molar-refractivity contribution in [2.45, 2.75) is 24.8 Å². The molecule has 0 aliphatic heterocycles. The van der Waals surface area contributed by atoms with E-state index in [1.54, 1.807) is 13.8 Å². The molecule has 1 aromatic rings. The van der Waals surface area contributed by atoms with E-state index < -0.39 is 22.0 Å². The number of carbonyl (C=O) groups is 1. The van der Waals surface area contributed by atoms with Crippen molar-refractivity contribution in [1.82, 2.24) is 9.71 Å². The Morgan fingerprint density at radius 2 is 2.05 bits per heavy atom. The van der Waals surface area contributed by atoms with E-state index in [1.165, 1.54) is 25.6 Å². The molecule has 0 aromatic carbocycles. The lowest BCUT2D eigenvalue weighted by molar-refractivity contribution is -0.143. The first-order valence-electron chi connectivity index (χ1n) is 5.48. The third-order valence-corrected chi connectivity index (χ3v) is 4.24. The van der Waals surface area contributed by atoms with Crippen LogP contribution in [0.4, 0.5) is 0 Å². The van der Waals surface area contributed by atoms with Crippen LogP contribution in [0.2, 0.25) is 0 Å². The minimum Gasteiger partial charge on any atom is -0.468 e. The van der Waals surface area contributed by atoms with Gasteiger partial charge in [0.1, 0.15) is 10.9 Å². The van der Waals surface area contributed by atoms with Crippen LogP contribution >= 0.6 is 15.9 Å². The van der Waals surface area contributed by atoms with Gasteiger partial charge < -0.3 is 4.74 Å². The molecule has 0 amide bonds. The Morgan fingerprint density at radius 1 is 1.42 bits per heavy atom. The van der Waals surface area contributed by atoms with Gasteiger partial charge in [0.25, 0.3) is 0 Å². The normalized spacial score (nSPS) is 13.3. The summed E-state index contributed by atoms with van der Waals surface area (Å²) in [6.07, 6.45) is 2.68. The van der Waals surface area contributed by atoms with Crippen LogP contribution in [-0.2, 0) is 19.6 Å². The summed E-state index contributed by atoms with van der Waals surface area (Å²) >= 11 is 3.15. The molecule has 0 saturated heterocycles. The summed E-state index contributed by atoms with van der Waals surface area (Å²) in [6.45, 7) is 3.45. The number of nitrogens with one attached hydrogen (secondary N) is 1. The van der Waals surface area contributed by atoms with E-state index in [0.717, 1.165) is 0 Å². The van der Waals surface area contributed by atoms with Gasteiger partial charge in [-0.1, -0.05) is 13.8 Å². The lowest BCUT2D eigenvalue weighted by Gasteiger charge is -2.19. The molecule has 0 radical (unpaired) electrons. The van der Waals surface area contributed by atoms with E-state index in [-0.39, 0.29) is 10.8 Å². The van der Waals surface area contributed by atoms with E-state index >= 15 is 0 Å². The Morgan fingerprint density at radius 3 is 2.53 bits per heavy atom. The molecule has 19 heavy (non-hydrogen) atoms. The van der Waals surface area contributed by atoms with Crippen LogP contribution in [0, 0.1) is 5.92 Å². The second-order valence-electron chi connectivity index (χ2n) is 4.20. The zero-order valence-corrected chi connectivity index (χ0v) is 13.2. The number of esters is 1. The van der Waals surface area contributed by atoms with Gasteiger partial charge in [0.15, 0.2) is 0 Å². The van der Waals surface area contributed by atoms with Crippen molar-refractivity contribution in [3.63, 3.8) is 0 Å². The maximum Gasteiger partial charge on any atom is 0.324 e. The van der Waals surface area contributed by atoms with Gasteiger partial charge in [-0.05, 0) is 27.9 Å². The number of ether oxygens (including phenoxy) is 1. The fourth-order valence-electron chi connectivity index (χ4n) is 1.36. The molecule has 0 fully saturated rings. The van der Waals surface area contributed by atoms with Gasteiger partial charge >= 0.3 is 5.97 Å². The van der Waals surface area contributed by atoms with Gasteiger partial charge in [-0.2, -0.15) is 4.72 Å². The van der Waals surface area contributed by atoms with Crippen LogP contribution < -0.4 is 4.72 Å². The number of pyridine rings is 1. The molecule has 0 aliphatic carbocycles. The van der Waals surface area contributed by atoms with Crippen LogP contribution in [0.5, 0.6) is 0 Å². The standard InChI is InChI=1S/C11H15BrN2O4S/c1-7(2)10(11(15)18-3)14-19(16,17)9-4-8(12)5-13-6-9/h4-7,10,14H,1-3H3. The lowest BCUT2D eigenvalue weighted by atomic mass is 10.1. The van der Waals surface area contributed by atoms with E-state index in [2.05, 4.69) is 30.4 Å². The monoisotopic (exact) mass is 350 g/mol. The summed E-state index contributed by atoms with van der Waals surface area (Å²) in [5, 5.41) is 0. The van der Waals surface area contributed by atoms with Crippen molar-refractivity contribution in [3.8, 4) is 0 Å². The minimum atomic E-state index is -3.83. The third kappa shape index (κ3) is 4.26. The fraction of sp³-hybridized carbons (Fsp3) is 0.455. The summed E-state index contributed by atoms with van der Waals surface area (Å²) < 4.78 is 31.7. The quantitative estimate of drug-likeness (QED) is 0.809. The summed E-state index contributed by atoms with van der Waals surface area (Å²) in [7, 11) is -2.61. The molecule has 0 aliphatic rings. The number of nitrogens with zero attached hydrogens (tertiary/aromatic N) is 1. The van der Waals surface area contributed by atoms with Gasteiger partial charge in [0.05, 0.1) is 7.11 Å². The molecule has 0 spiro atoms. The predicted molar refractivity (Wildman–Crippen MR) is 72.9 cm³/mol. The molecule has 1 N–H and O–H groups in total. The van der Waals surface area contributed by atoms with Crippen LogP contribution in [0.25, 0.3) is 0 Å². The highest BCUT2D eigenvalue weighted by Crippen LogP contribution is 2.16. The van der Waals surface area contributed by atoms with Gasteiger partial charge in [-0.25, -0.2) is 8.42 Å². The molecule has 1 atom stereocenters. The first-order chi connectivity index (χ1) is 8.77. The number of hydrogen-bond acceptors (Lipinski definition) is 5. The first kappa shape index (κ1) is 16.1. The Balaban J connectivity index is 3.04. The number of carbonyl (C=O) groups excluding carboxylic acids is 1. The second-order valence-corrected chi connectivity index (χ2v) is 6.83. The summed E-state index contributed by atoms with van der Waals surface area (Å²) in [4.78, 5) is 15.3. The van der Waals surface area contributed by atoms with E-state index in [9.17, 15) is 13.2 Å². The number of sulfonamides is 1. The number of methoxy groups -OCH3 is 1. The van der Waals surface area contributed by atoms with Gasteiger partial charge in [0, 0.05) is 16.9 Å². The number of aromatic nitrogens is 1. The predicted octanol–water partition coefficient (Wildman–Crippen LogP) is 1.32. The van der Waals surface area contributed by atoms with E-state index in [0.29, 0.717) is 4.47 Å². The Hall–Kier alpha value is -0.990. The second kappa shape index (κ2) is 6.44. The van der Waals surface area contributed by atoms with Crippen molar-refractivity contribution in [2.24, 2.45) is 5.92 Å². The summed E-state index contributed by atoms with van der Waals surface area (Å²) in [5.41, 5.74) is 0. The topological polar surface area (TPSA) is 85.4 Å². The average Bonchev–Trinajstić information content (AvgIpc) is 2.35. The van der Waals surface area contributed by atoms with Gasteiger partial charge in [0.2, 0.25) is 10.0 Å². The fourth-order valence-corrected chi connectivity index (χ4v) is 3.19. The molecule has 1 aromatic heterocycles. The highest BCUT2D eigenvalue weighted by Gasteiger charge is 2.29.